The minimum atomic E-state index is 0.314. The lowest BCUT2D eigenvalue weighted by atomic mass is 10.1. The average Bonchev–Trinajstić information content (AvgIpc) is 2.94. The third kappa shape index (κ3) is 6.03. The van der Waals surface area contributed by atoms with Crippen molar-refractivity contribution in [3.63, 3.8) is 0 Å². The Morgan fingerprint density at radius 1 is 1.15 bits per heavy atom. The molecule has 0 saturated carbocycles. The second kappa shape index (κ2) is 10.4. The number of nitrogens with zero attached hydrogens (tertiary/aromatic N) is 1. The van der Waals surface area contributed by atoms with E-state index in [1.165, 1.54) is 16.8 Å². The highest BCUT2D eigenvalue weighted by Gasteiger charge is 2.06. The molecule has 0 spiro atoms. The van der Waals surface area contributed by atoms with E-state index in [0.29, 0.717) is 5.92 Å². The summed E-state index contributed by atoms with van der Waals surface area (Å²) in [6.45, 7) is 10.6. The molecule has 2 rings (SSSR count). The highest BCUT2D eigenvalue weighted by atomic mass is 15.0. The third-order valence-electron chi connectivity index (χ3n) is 4.41. The van der Waals surface area contributed by atoms with Crippen LogP contribution in [0.2, 0.25) is 0 Å². The van der Waals surface area contributed by atoms with Crippen LogP contribution in [0.4, 0.5) is 0 Å². The lowest BCUT2D eigenvalue weighted by molar-refractivity contribution is -0.515. The van der Waals surface area contributed by atoms with E-state index in [1.54, 1.807) is 0 Å². The molecule has 2 heteroatoms. The highest BCUT2D eigenvalue weighted by molar-refractivity contribution is 5.70. The summed E-state index contributed by atoms with van der Waals surface area (Å²) in [6, 6.07) is 2.19. The van der Waals surface area contributed by atoms with Crippen LogP contribution in [0.5, 0.6) is 0 Å². The summed E-state index contributed by atoms with van der Waals surface area (Å²) in [4.78, 5) is 3.46. The van der Waals surface area contributed by atoms with Gasteiger partial charge in [-0.2, -0.15) is 0 Å². The summed E-state index contributed by atoms with van der Waals surface area (Å²) < 4.78 is 2.29. The van der Waals surface area contributed by atoms with Gasteiger partial charge >= 0.3 is 0 Å². The fraction of sp³-hybridized carbons (Fsp3) is 0.292. The first kappa shape index (κ1) is 19.7. The molecule has 1 atom stereocenters. The van der Waals surface area contributed by atoms with Gasteiger partial charge in [-0.1, -0.05) is 48.6 Å². The van der Waals surface area contributed by atoms with Gasteiger partial charge in [-0.25, -0.2) is 4.58 Å². The summed E-state index contributed by atoms with van der Waals surface area (Å²) >= 11 is 0. The third-order valence-corrected chi connectivity index (χ3v) is 4.41. The van der Waals surface area contributed by atoms with Crippen LogP contribution in [0.3, 0.4) is 0 Å². The lowest BCUT2D eigenvalue weighted by Crippen LogP contribution is -2.10. The van der Waals surface area contributed by atoms with Gasteiger partial charge in [-0.15, -0.1) is 0 Å². The number of H-pyrrole nitrogens is 1. The number of nitrogens with one attached hydrogen (secondary N) is 1. The lowest BCUT2D eigenvalue weighted by Gasteiger charge is -1.99. The molecule has 1 aliphatic rings. The van der Waals surface area contributed by atoms with E-state index in [-0.39, 0.29) is 0 Å². The Bertz CT molecular complexity index is 755. The summed E-state index contributed by atoms with van der Waals surface area (Å²) in [5, 5.41) is 0. The van der Waals surface area contributed by atoms with Crippen molar-refractivity contribution in [3.8, 4) is 0 Å². The second-order valence-corrected chi connectivity index (χ2v) is 6.41. The van der Waals surface area contributed by atoms with Crippen molar-refractivity contribution in [1.82, 2.24) is 4.98 Å². The molecule has 1 unspecified atom stereocenters. The first-order chi connectivity index (χ1) is 12.7. The Kier molecular flexibility index (Phi) is 7.88. The van der Waals surface area contributed by atoms with Crippen molar-refractivity contribution in [3.05, 3.63) is 77.2 Å². The molecule has 0 aromatic carbocycles. The number of hydrogen-bond donors (Lipinski definition) is 1. The number of fused-ring (bicyclic) bond motifs is 1. The van der Waals surface area contributed by atoms with Gasteiger partial charge < -0.3 is 4.98 Å². The van der Waals surface area contributed by atoms with Gasteiger partial charge in [0.05, 0.1) is 0 Å². The van der Waals surface area contributed by atoms with Gasteiger partial charge in [-0.05, 0) is 57.0 Å². The normalized spacial score (nSPS) is 17.4. The van der Waals surface area contributed by atoms with E-state index in [4.69, 9.17) is 0 Å². The maximum Gasteiger partial charge on any atom is 0.163 e. The Morgan fingerprint density at radius 2 is 1.92 bits per heavy atom. The molecule has 0 radical (unpaired) electrons. The van der Waals surface area contributed by atoms with Crippen molar-refractivity contribution < 1.29 is 4.58 Å². The Labute approximate surface area is 158 Å². The van der Waals surface area contributed by atoms with Crippen LogP contribution in [-0.4, -0.2) is 28.9 Å². The van der Waals surface area contributed by atoms with Crippen LogP contribution in [0.15, 0.2) is 60.2 Å². The quantitative estimate of drug-likeness (QED) is 0.360. The summed E-state index contributed by atoms with van der Waals surface area (Å²) in [5.74, 6) is 0.314. The maximum absolute atomic E-state index is 3.46. The molecule has 1 heterocycles. The summed E-state index contributed by atoms with van der Waals surface area (Å²) in [5.41, 5.74) is 4.79. The van der Waals surface area contributed by atoms with Crippen LogP contribution in [-0.2, 0) is 0 Å². The van der Waals surface area contributed by atoms with Crippen molar-refractivity contribution in [1.29, 1.82) is 0 Å². The van der Waals surface area contributed by atoms with E-state index in [9.17, 15) is 0 Å². The zero-order valence-corrected chi connectivity index (χ0v) is 16.4. The Balaban J connectivity index is 2.05. The van der Waals surface area contributed by atoms with Gasteiger partial charge in [0.15, 0.2) is 6.21 Å². The van der Waals surface area contributed by atoms with Gasteiger partial charge in [0, 0.05) is 23.4 Å². The smallest absolute Gasteiger partial charge is 0.163 e. The molecule has 1 N–H and O–H groups in total. The van der Waals surface area contributed by atoms with E-state index < -0.39 is 0 Å². The molecule has 26 heavy (non-hydrogen) atoms. The minimum absolute atomic E-state index is 0.314. The molecule has 2 nitrogen and oxygen atoms in total. The molecular formula is C24H31N2+. The summed E-state index contributed by atoms with van der Waals surface area (Å²) in [7, 11) is 0. The fourth-order valence-electron chi connectivity index (χ4n) is 2.74. The molecule has 0 fully saturated rings. The van der Waals surface area contributed by atoms with Crippen LogP contribution >= 0.6 is 0 Å². The van der Waals surface area contributed by atoms with Crippen molar-refractivity contribution in [2.24, 2.45) is 5.92 Å². The molecule has 1 aliphatic carbocycles. The molecule has 0 bridgehead atoms. The first-order valence-electron chi connectivity index (χ1n) is 9.49. The number of hydrogen-bond acceptors (Lipinski definition) is 0. The van der Waals surface area contributed by atoms with E-state index >= 15 is 0 Å². The molecule has 1 aromatic rings. The zero-order chi connectivity index (χ0) is 18.8. The average molecular weight is 348 g/mol. The van der Waals surface area contributed by atoms with Crippen molar-refractivity contribution in [2.45, 2.75) is 27.7 Å². The van der Waals surface area contributed by atoms with Crippen molar-refractivity contribution in [2.75, 3.05) is 13.1 Å². The van der Waals surface area contributed by atoms with Gasteiger partial charge in [0.1, 0.15) is 13.1 Å². The molecule has 1 aromatic heterocycles. The topological polar surface area (TPSA) is 18.8 Å². The Morgan fingerprint density at radius 3 is 2.65 bits per heavy atom. The van der Waals surface area contributed by atoms with Gasteiger partial charge in [0.25, 0.3) is 0 Å². The van der Waals surface area contributed by atoms with E-state index in [0.717, 1.165) is 18.8 Å². The molecule has 136 valence electrons. The van der Waals surface area contributed by atoms with E-state index in [1.807, 2.05) is 19.1 Å². The van der Waals surface area contributed by atoms with Crippen LogP contribution in [0.1, 0.15) is 44.6 Å². The SMILES string of the molecule is C/C=C\C=C/c1cc2c([nH]1)C=CC(/C=C/C(C)=C/C=[N+](CC)CC)C=C2. The second-order valence-electron chi connectivity index (χ2n) is 6.41. The Hall–Kier alpha value is -2.61. The van der Waals surface area contributed by atoms with E-state index in [2.05, 4.69) is 97.3 Å². The predicted molar refractivity (Wildman–Crippen MR) is 117 cm³/mol. The number of rotatable bonds is 7. The number of aromatic nitrogens is 1. The monoisotopic (exact) mass is 347 g/mol. The molecule has 0 amide bonds. The van der Waals surface area contributed by atoms with Crippen molar-refractivity contribution >= 4 is 24.4 Å². The summed E-state index contributed by atoms with van der Waals surface area (Å²) in [6.07, 6.45) is 25.9. The molecule has 0 aliphatic heterocycles. The predicted octanol–water partition coefficient (Wildman–Crippen LogP) is 5.89. The zero-order valence-electron chi connectivity index (χ0n) is 16.4. The number of aromatic amines is 1. The van der Waals surface area contributed by atoms with Gasteiger partial charge in [0.2, 0.25) is 0 Å². The molecular weight excluding hydrogens is 316 g/mol. The van der Waals surface area contributed by atoms with Crippen LogP contribution in [0.25, 0.3) is 18.2 Å². The molecule has 0 saturated heterocycles. The first-order valence-corrected chi connectivity index (χ1v) is 9.49. The number of allylic oxidation sites excluding steroid dienone is 9. The van der Waals surface area contributed by atoms with Crippen LogP contribution in [0, 0.1) is 5.92 Å². The van der Waals surface area contributed by atoms with Crippen LogP contribution < -0.4 is 0 Å². The van der Waals surface area contributed by atoms with Gasteiger partial charge in [-0.3, -0.25) is 0 Å². The highest BCUT2D eigenvalue weighted by Crippen LogP contribution is 2.22. The maximum atomic E-state index is 3.46. The minimum Gasteiger partial charge on any atom is -0.355 e. The standard InChI is InChI=1S/C24H31N2/c1-5-8-9-10-23-19-22-15-13-21(14-16-24(22)25-23)12-11-20(4)17-18-26(6-2)7-3/h5,8-19,21,25H,6-7H2,1-4H3/q+1/b8-5-,10-9-,12-11+,20-17+. The fourth-order valence-corrected chi connectivity index (χ4v) is 2.74. The largest absolute Gasteiger partial charge is 0.355 e.